The average molecular weight is 284 g/mol. The van der Waals surface area contributed by atoms with Gasteiger partial charge in [-0.3, -0.25) is 0 Å². The van der Waals surface area contributed by atoms with Crippen molar-refractivity contribution < 1.29 is 13.2 Å². The summed E-state index contributed by atoms with van der Waals surface area (Å²) < 4.78 is 38.2. The molecule has 2 rings (SSSR count). The van der Waals surface area contributed by atoms with E-state index in [2.05, 4.69) is 4.98 Å². The molecular formula is C13H15F3N4. The molecule has 0 bridgehead atoms. The summed E-state index contributed by atoms with van der Waals surface area (Å²) in [6, 6.07) is 4.21. The fourth-order valence-corrected chi connectivity index (χ4v) is 2.29. The van der Waals surface area contributed by atoms with Gasteiger partial charge in [0.05, 0.1) is 5.56 Å². The van der Waals surface area contributed by atoms with Gasteiger partial charge < -0.3 is 9.80 Å². The molecule has 20 heavy (non-hydrogen) atoms. The van der Waals surface area contributed by atoms with Crippen molar-refractivity contribution in [1.29, 1.82) is 5.26 Å². The Morgan fingerprint density at radius 3 is 2.60 bits per heavy atom. The molecule has 0 spiro atoms. The van der Waals surface area contributed by atoms with Crippen LogP contribution in [0, 0.1) is 11.3 Å². The minimum Gasteiger partial charge on any atom is -0.354 e. The number of nitriles is 1. The van der Waals surface area contributed by atoms with Crippen LogP contribution in [0.5, 0.6) is 0 Å². The van der Waals surface area contributed by atoms with E-state index in [4.69, 9.17) is 5.26 Å². The third kappa shape index (κ3) is 2.85. The molecule has 108 valence electrons. The summed E-state index contributed by atoms with van der Waals surface area (Å²) in [6.07, 6.45) is -3.65. The van der Waals surface area contributed by atoms with Gasteiger partial charge >= 0.3 is 6.18 Å². The molecule has 0 aliphatic carbocycles. The van der Waals surface area contributed by atoms with E-state index in [1.807, 2.05) is 25.1 Å². The molecule has 1 aromatic rings. The van der Waals surface area contributed by atoms with Gasteiger partial charge in [0.2, 0.25) is 0 Å². The molecule has 0 N–H and O–H groups in total. The number of likely N-dealkylation sites (N-methyl/N-ethyl adjacent to an activating group) is 1. The molecule has 1 aromatic heterocycles. The van der Waals surface area contributed by atoms with Crippen LogP contribution < -0.4 is 4.90 Å². The van der Waals surface area contributed by atoms with Crippen LogP contribution in [0.15, 0.2) is 12.1 Å². The largest absolute Gasteiger partial charge is 0.433 e. The van der Waals surface area contributed by atoms with Gasteiger partial charge in [-0.15, -0.1) is 0 Å². The highest BCUT2D eigenvalue weighted by atomic mass is 19.4. The van der Waals surface area contributed by atoms with Crippen molar-refractivity contribution in [2.45, 2.75) is 18.6 Å². The second-order valence-corrected chi connectivity index (χ2v) is 5.03. The van der Waals surface area contributed by atoms with Crippen molar-refractivity contribution in [2.24, 2.45) is 0 Å². The van der Waals surface area contributed by atoms with Crippen LogP contribution >= 0.6 is 0 Å². The number of hydrogen-bond donors (Lipinski definition) is 0. The molecule has 0 amide bonds. The van der Waals surface area contributed by atoms with Crippen molar-refractivity contribution in [1.82, 2.24) is 9.88 Å². The van der Waals surface area contributed by atoms with Crippen LogP contribution in [0.25, 0.3) is 0 Å². The Kier molecular flexibility index (Phi) is 3.86. The van der Waals surface area contributed by atoms with Crippen LogP contribution in [0.2, 0.25) is 0 Å². The van der Waals surface area contributed by atoms with Crippen LogP contribution in [-0.4, -0.2) is 43.1 Å². The third-order valence-corrected chi connectivity index (χ3v) is 3.48. The van der Waals surface area contributed by atoms with E-state index in [0.717, 1.165) is 12.5 Å². The first-order valence-corrected chi connectivity index (χ1v) is 6.22. The summed E-state index contributed by atoms with van der Waals surface area (Å²) in [5.74, 6) is 0.131. The number of pyridine rings is 1. The highest BCUT2D eigenvalue weighted by Crippen LogP contribution is 2.31. The Hall–Kier alpha value is -1.81. The van der Waals surface area contributed by atoms with Gasteiger partial charge in [0.15, 0.2) is 0 Å². The molecule has 0 aromatic carbocycles. The molecule has 1 fully saturated rings. The van der Waals surface area contributed by atoms with Gasteiger partial charge in [0, 0.05) is 19.1 Å². The second-order valence-electron chi connectivity index (χ2n) is 5.03. The third-order valence-electron chi connectivity index (χ3n) is 3.48. The van der Waals surface area contributed by atoms with Crippen molar-refractivity contribution in [3.05, 3.63) is 23.4 Å². The highest BCUT2D eigenvalue weighted by molar-refractivity contribution is 5.55. The van der Waals surface area contributed by atoms with Gasteiger partial charge in [0.25, 0.3) is 0 Å². The van der Waals surface area contributed by atoms with Crippen molar-refractivity contribution in [3.8, 4) is 6.07 Å². The summed E-state index contributed by atoms with van der Waals surface area (Å²) in [4.78, 5) is 7.43. The smallest absolute Gasteiger partial charge is 0.354 e. The van der Waals surface area contributed by atoms with Gasteiger partial charge in [-0.1, -0.05) is 0 Å². The maximum Gasteiger partial charge on any atom is 0.433 e. The highest BCUT2D eigenvalue weighted by Gasteiger charge is 2.34. The number of alkyl halides is 3. The van der Waals surface area contributed by atoms with E-state index in [1.165, 1.54) is 6.07 Å². The molecule has 0 radical (unpaired) electrons. The minimum absolute atomic E-state index is 0.131. The zero-order chi connectivity index (χ0) is 14.9. The Morgan fingerprint density at radius 2 is 2.10 bits per heavy atom. The Morgan fingerprint density at radius 1 is 1.40 bits per heavy atom. The molecule has 7 heteroatoms. The zero-order valence-corrected chi connectivity index (χ0v) is 11.3. The Balaban J connectivity index is 2.33. The first-order valence-electron chi connectivity index (χ1n) is 6.22. The minimum atomic E-state index is -4.50. The van der Waals surface area contributed by atoms with Gasteiger partial charge in [-0.05, 0) is 32.6 Å². The number of anilines is 1. The lowest BCUT2D eigenvalue weighted by Gasteiger charge is -2.22. The summed E-state index contributed by atoms with van der Waals surface area (Å²) >= 11 is 0. The lowest BCUT2D eigenvalue weighted by Crippen LogP contribution is -2.32. The number of rotatable bonds is 2. The predicted molar refractivity (Wildman–Crippen MR) is 68.3 cm³/mol. The normalized spacial score (nSPS) is 19.4. The molecule has 0 unspecified atom stereocenters. The zero-order valence-electron chi connectivity index (χ0n) is 11.3. The molecule has 0 saturated carbocycles. The number of halogens is 3. The fourth-order valence-electron chi connectivity index (χ4n) is 2.29. The number of aromatic nitrogens is 1. The van der Waals surface area contributed by atoms with E-state index in [0.29, 0.717) is 13.1 Å². The van der Waals surface area contributed by atoms with Gasteiger partial charge in [-0.25, -0.2) is 4.98 Å². The predicted octanol–water partition coefficient (Wildman–Crippen LogP) is 2.11. The van der Waals surface area contributed by atoms with E-state index in [-0.39, 0.29) is 17.4 Å². The summed E-state index contributed by atoms with van der Waals surface area (Å²) in [6.45, 7) is 1.18. The monoisotopic (exact) mass is 284 g/mol. The molecule has 1 saturated heterocycles. The summed E-state index contributed by atoms with van der Waals surface area (Å²) in [5.41, 5.74) is -0.780. The van der Waals surface area contributed by atoms with Crippen LogP contribution in [0.4, 0.5) is 19.0 Å². The maximum absolute atomic E-state index is 12.7. The summed E-state index contributed by atoms with van der Waals surface area (Å²) in [5, 5.41) is 9.04. The number of hydrogen-bond acceptors (Lipinski definition) is 4. The molecule has 1 aliphatic rings. The lowest BCUT2D eigenvalue weighted by atomic mass is 10.2. The second kappa shape index (κ2) is 5.29. The van der Waals surface area contributed by atoms with Crippen LogP contribution in [0.3, 0.4) is 0 Å². The van der Waals surface area contributed by atoms with E-state index >= 15 is 0 Å². The van der Waals surface area contributed by atoms with E-state index in [9.17, 15) is 13.2 Å². The van der Waals surface area contributed by atoms with Crippen molar-refractivity contribution >= 4 is 5.82 Å². The van der Waals surface area contributed by atoms with E-state index in [1.54, 1.807) is 4.90 Å². The summed E-state index contributed by atoms with van der Waals surface area (Å²) in [7, 11) is 3.86. The standard InChI is InChI=1S/C13H15F3N4/c1-19(2)10-5-6-20(8-10)12-9(7-17)3-4-11(18-12)13(14,15)16/h3-4,10H,5-6,8H2,1-2H3/t10-/m1/s1. The Labute approximate surface area is 115 Å². The molecule has 1 atom stereocenters. The van der Waals surface area contributed by atoms with Crippen LogP contribution in [-0.2, 0) is 6.18 Å². The van der Waals surface area contributed by atoms with Crippen molar-refractivity contribution in [2.75, 3.05) is 32.1 Å². The van der Waals surface area contributed by atoms with Crippen molar-refractivity contribution in [3.63, 3.8) is 0 Å². The first-order chi connectivity index (χ1) is 9.32. The van der Waals surface area contributed by atoms with Gasteiger partial charge in [-0.2, -0.15) is 18.4 Å². The maximum atomic E-state index is 12.7. The van der Waals surface area contributed by atoms with Crippen LogP contribution in [0.1, 0.15) is 17.7 Å². The Bertz CT molecular complexity index is 533. The average Bonchev–Trinajstić information content (AvgIpc) is 2.86. The molecule has 1 aliphatic heterocycles. The molecule has 4 nitrogen and oxygen atoms in total. The quantitative estimate of drug-likeness (QED) is 0.834. The molecular weight excluding hydrogens is 269 g/mol. The topological polar surface area (TPSA) is 43.2 Å². The SMILES string of the molecule is CN(C)[C@@H]1CCN(c2nc(C(F)(F)F)ccc2C#N)C1. The first kappa shape index (κ1) is 14.6. The fraction of sp³-hybridized carbons (Fsp3) is 0.538. The molecule has 2 heterocycles. The lowest BCUT2D eigenvalue weighted by molar-refractivity contribution is -0.141. The van der Waals surface area contributed by atoms with Gasteiger partial charge in [0.1, 0.15) is 17.6 Å². The number of nitrogens with zero attached hydrogens (tertiary/aromatic N) is 4. The van der Waals surface area contributed by atoms with E-state index < -0.39 is 11.9 Å².